The number of hydrogen-bond donors (Lipinski definition) is 3. The number of aliphatic imine (C=N–C) groups is 1. The molecule has 0 bridgehead atoms. The topological polar surface area (TPSA) is 72.0 Å². The summed E-state index contributed by atoms with van der Waals surface area (Å²) in [5.74, 6) is 0.621. The van der Waals surface area contributed by atoms with Crippen molar-refractivity contribution in [2.75, 3.05) is 53.4 Å². The Hall–Kier alpha value is -2.12. The molecule has 1 aliphatic rings. The summed E-state index contributed by atoms with van der Waals surface area (Å²) >= 11 is 0. The summed E-state index contributed by atoms with van der Waals surface area (Å²) in [6, 6.07) is 11.2. The molecule has 1 unspecified atom stereocenters. The van der Waals surface area contributed by atoms with E-state index < -0.39 is 0 Å². The van der Waals surface area contributed by atoms with Crippen LogP contribution in [0.15, 0.2) is 35.3 Å². The molecule has 0 radical (unpaired) electrons. The molecule has 7 heteroatoms. The smallest absolute Gasteiger partial charge is 0.239 e. The fourth-order valence-corrected chi connectivity index (χ4v) is 3.55. The average Bonchev–Trinajstić information content (AvgIpc) is 2.67. The monoisotopic (exact) mass is 402 g/mol. The molecule has 29 heavy (non-hydrogen) atoms. The summed E-state index contributed by atoms with van der Waals surface area (Å²) in [7, 11) is 3.92. The van der Waals surface area contributed by atoms with Crippen LogP contribution in [0.3, 0.4) is 0 Å². The molecule has 0 aliphatic carbocycles. The number of nitrogens with one attached hydrogen (secondary N) is 3. The van der Waals surface area contributed by atoms with Gasteiger partial charge in [-0.3, -0.25) is 14.7 Å². The van der Waals surface area contributed by atoms with Crippen molar-refractivity contribution in [3.05, 3.63) is 35.9 Å². The van der Waals surface area contributed by atoms with Gasteiger partial charge in [0.2, 0.25) is 5.91 Å². The quantitative estimate of drug-likeness (QED) is 0.366. The van der Waals surface area contributed by atoms with Gasteiger partial charge in [-0.25, -0.2) is 0 Å². The third-order valence-electron chi connectivity index (χ3n) is 4.95. The molecule has 1 fully saturated rings. The second-order valence-electron chi connectivity index (χ2n) is 8.73. The van der Waals surface area contributed by atoms with Crippen LogP contribution in [-0.4, -0.2) is 80.6 Å². The second-order valence-corrected chi connectivity index (χ2v) is 8.73. The number of rotatable bonds is 7. The van der Waals surface area contributed by atoms with Crippen molar-refractivity contribution in [1.29, 1.82) is 0 Å². The minimum Gasteiger partial charge on any atom is -0.356 e. The molecule has 0 saturated carbocycles. The van der Waals surface area contributed by atoms with Gasteiger partial charge in [0, 0.05) is 51.4 Å². The van der Waals surface area contributed by atoms with Gasteiger partial charge in [0.1, 0.15) is 0 Å². The first-order valence-electron chi connectivity index (χ1n) is 10.5. The SMILES string of the molecule is CN=C(NCCCN1CCN(C)CC1c1ccccc1)NCC(=O)NC(C)(C)C. The van der Waals surface area contributed by atoms with Crippen LogP contribution in [0.4, 0.5) is 0 Å². The van der Waals surface area contributed by atoms with Crippen molar-refractivity contribution >= 4 is 11.9 Å². The van der Waals surface area contributed by atoms with Crippen molar-refractivity contribution in [3.63, 3.8) is 0 Å². The van der Waals surface area contributed by atoms with Gasteiger partial charge in [-0.15, -0.1) is 0 Å². The molecule has 0 aromatic heterocycles. The molecule has 1 atom stereocenters. The van der Waals surface area contributed by atoms with E-state index >= 15 is 0 Å². The van der Waals surface area contributed by atoms with Gasteiger partial charge in [0.25, 0.3) is 0 Å². The largest absolute Gasteiger partial charge is 0.356 e. The number of likely N-dealkylation sites (N-methyl/N-ethyl adjacent to an activating group) is 1. The third kappa shape index (κ3) is 8.41. The van der Waals surface area contributed by atoms with Gasteiger partial charge in [-0.1, -0.05) is 30.3 Å². The molecule has 1 aromatic rings. The number of amides is 1. The van der Waals surface area contributed by atoms with E-state index in [-0.39, 0.29) is 18.0 Å². The predicted molar refractivity (Wildman–Crippen MR) is 120 cm³/mol. The number of carbonyl (C=O) groups excluding carboxylic acids is 1. The standard InChI is InChI=1S/C22H38N6O/c1-22(2,3)26-20(29)16-25-21(23-4)24-12-9-13-28-15-14-27(5)17-19(28)18-10-7-6-8-11-18/h6-8,10-11,19H,9,12-17H2,1-5H3,(H,26,29)(H2,23,24,25). The molecule has 3 N–H and O–H groups in total. The minimum absolute atomic E-state index is 0.0383. The highest BCUT2D eigenvalue weighted by atomic mass is 16.2. The van der Waals surface area contributed by atoms with Gasteiger partial charge < -0.3 is 20.9 Å². The van der Waals surface area contributed by atoms with Crippen LogP contribution in [0.1, 0.15) is 38.8 Å². The maximum Gasteiger partial charge on any atom is 0.239 e. The Balaban J connectivity index is 1.75. The zero-order valence-electron chi connectivity index (χ0n) is 18.7. The van der Waals surface area contributed by atoms with E-state index in [2.05, 4.69) is 68.1 Å². The molecule has 2 rings (SSSR count). The van der Waals surface area contributed by atoms with E-state index in [1.165, 1.54) is 5.56 Å². The number of nitrogens with zero attached hydrogens (tertiary/aromatic N) is 3. The Morgan fingerprint density at radius 2 is 1.90 bits per heavy atom. The summed E-state index contributed by atoms with van der Waals surface area (Å²) < 4.78 is 0. The van der Waals surface area contributed by atoms with E-state index in [1.807, 2.05) is 20.8 Å². The van der Waals surface area contributed by atoms with Crippen molar-refractivity contribution in [3.8, 4) is 0 Å². The molecule has 7 nitrogen and oxygen atoms in total. The first-order valence-corrected chi connectivity index (χ1v) is 10.5. The van der Waals surface area contributed by atoms with Crippen molar-refractivity contribution in [2.45, 2.75) is 38.8 Å². The van der Waals surface area contributed by atoms with Gasteiger partial charge in [-0.05, 0) is 39.8 Å². The predicted octanol–water partition coefficient (Wildman–Crippen LogP) is 1.44. The maximum absolute atomic E-state index is 11.9. The molecule has 1 amide bonds. The molecule has 1 aliphatic heterocycles. The number of benzene rings is 1. The van der Waals surface area contributed by atoms with Gasteiger partial charge in [0.05, 0.1) is 6.54 Å². The lowest BCUT2D eigenvalue weighted by Crippen LogP contribution is -2.49. The van der Waals surface area contributed by atoms with E-state index in [9.17, 15) is 4.79 Å². The lowest BCUT2D eigenvalue weighted by molar-refractivity contribution is -0.121. The number of guanidine groups is 1. The molecule has 1 heterocycles. The summed E-state index contributed by atoms with van der Waals surface area (Å²) in [5, 5.41) is 9.33. The fraction of sp³-hybridized carbons (Fsp3) is 0.636. The van der Waals surface area contributed by atoms with Crippen LogP contribution in [0, 0.1) is 0 Å². The van der Waals surface area contributed by atoms with Gasteiger partial charge in [0.15, 0.2) is 5.96 Å². The number of hydrogen-bond acceptors (Lipinski definition) is 4. The van der Waals surface area contributed by atoms with Crippen LogP contribution in [0.25, 0.3) is 0 Å². The van der Waals surface area contributed by atoms with Gasteiger partial charge >= 0.3 is 0 Å². The molecule has 1 aromatic carbocycles. The Labute approximate surface area is 175 Å². The van der Waals surface area contributed by atoms with Crippen LogP contribution >= 0.6 is 0 Å². The van der Waals surface area contributed by atoms with Crippen molar-refractivity contribution in [1.82, 2.24) is 25.8 Å². The summed E-state index contributed by atoms with van der Waals surface area (Å²) in [4.78, 5) is 21.1. The molecule has 0 spiro atoms. The Morgan fingerprint density at radius 1 is 1.17 bits per heavy atom. The van der Waals surface area contributed by atoms with E-state index in [0.717, 1.165) is 39.1 Å². The molecule has 1 saturated heterocycles. The zero-order valence-corrected chi connectivity index (χ0v) is 18.7. The number of carbonyl (C=O) groups is 1. The second kappa shape index (κ2) is 11.2. The Bertz CT molecular complexity index is 655. The summed E-state index contributed by atoms with van der Waals surface area (Å²) in [6.07, 6.45) is 1.02. The average molecular weight is 403 g/mol. The minimum atomic E-state index is -0.229. The van der Waals surface area contributed by atoms with Crippen molar-refractivity contribution in [2.24, 2.45) is 4.99 Å². The van der Waals surface area contributed by atoms with Gasteiger partial charge in [-0.2, -0.15) is 0 Å². The van der Waals surface area contributed by atoms with E-state index in [1.54, 1.807) is 7.05 Å². The fourth-order valence-electron chi connectivity index (χ4n) is 3.55. The summed E-state index contributed by atoms with van der Waals surface area (Å²) in [6.45, 7) is 11.2. The van der Waals surface area contributed by atoms with Crippen LogP contribution in [0.5, 0.6) is 0 Å². The lowest BCUT2D eigenvalue weighted by Gasteiger charge is -2.40. The van der Waals surface area contributed by atoms with Crippen LogP contribution in [-0.2, 0) is 4.79 Å². The normalized spacial score (nSPS) is 19.1. The first kappa shape index (κ1) is 23.2. The first-order chi connectivity index (χ1) is 13.8. The van der Waals surface area contributed by atoms with Crippen LogP contribution in [0.2, 0.25) is 0 Å². The maximum atomic E-state index is 11.9. The van der Waals surface area contributed by atoms with Crippen LogP contribution < -0.4 is 16.0 Å². The molecular formula is C22H38N6O. The zero-order chi connectivity index (χ0) is 21.3. The molecule has 162 valence electrons. The number of piperazine rings is 1. The highest BCUT2D eigenvalue weighted by molar-refractivity contribution is 5.86. The highest BCUT2D eigenvalue weighted by Crippen LogP contribution is 2.24. The van der Waals surface area contributed by atoms with Crippen molar-refractivity contribution < 1.29 is 4.79 Å². The van der Waals surface area contributed by atoms with E-state index in [4.69, 9.17) is 0 Å². The Morgan fingerprint density at radius 3 is 2.55 bits per heavy atom. The highest BCUT2D eigenvalue weighted by Gasteiger charge is 2.25. The Kier molecular flexibility index (Phi) is 8.92. The molecular weight excluding hydrogens is 364 g/mol. The lowest BCUT2D eigenvalue weighted by atomic mass is 10.0. The third-order valence-corrected chi connectivity index (χ3v) is 4.95. The summed E-state index contributed by atoms with van der Waals surface area (Å²) in [5.41, 5.74) is 1.16. The van der Waals surface area contributed by atoms with E-state index in [0.29, 0.717) is 12.0 Å².